The van der Waals surface area contributed by atoms with Gasteiger partial charge in [0.2, 0.25) is 0 Å². The SMILES string of the molecule is O=C(O)C(CCO)Oc1ccc(N2CCN(CCC3CCNCC3)CC2)cc1. The molecule has 0 amide bonds. The van der Waals surface area contributed by atoms with Gasteiger partial charge in [0.05, 0.1) is 0 Å². The number of aliphatic hydroxyl groups excluding tert-OH is 1. The molecule has 0 aromatic heterocycles. The molecule has 1 aromatic rings. The third-order valence-corrected chi connectivity index (χ3v) is 5.83. The predicted octanol–water partition coefficient (Wildman–Crippen LogP) is 1.41. The molecule has 28 heavy (non-hydrogen) atoms. The minimum absolute atomic E-state index is 0.0798. The highest BCUT2D eigenvalue weighted by Gasteiger charge is 2.21. The van der Waals surface area contributed by atoms with E-state index in [9.17, 15) is 4.79 Å². The van der Waals surface area contributed by atoms with Gasteiger partial charge < -0.3 is 25.2 Å². The molecule has 3 rings (SSSR count). The number of anilines is 1. The highest BCUT2D eigenvalue weighted by atomic mass is 16.5. The van der Waals surface area contributed by atoms with Gasteiger partial charge in [-0.25, -0.2) is 4.79 Å². The minimum atomic E-state index is -1.06. The first-order valence-corrected chi connectivity index (χ1v) is 10.4. The number of aliphatic hydroxyl groups is 1. The second kappa shape index (κ2) is 10.6. The van der Waals surface area contributed by atoms with Crippen molar-refractivity contribution in [1.29, 1.82) is 0 Å². The summed E-state index contributed by atoms with van der Waals surface area (Å²) >= 11 is 0. The molecule has 156 valence electrons. The number of nitrogens with zero attached hydrogens (tertiary/aromatic N) is 2. The largest absolute Gasteiger partial charge is 0.479 e. The van der Waals surface area contributed by atoms with Crippen LogP contribution in [0.1, 0.15) is 25.7 Å². The lowest BCUT2D eigenvalue weighted by atomic mass is 9.94. The van der Waals surface area contributed by atoms with Crippen LogP contribution in [0.5, 0.6) is 5.75 Å². The van der Waals surface area contributed by atoms with E-state index in [1.54, 1.807) is 0 Å². The van der Waals surface area contributed by atoms with Crippen LogP contribution in [-0.4, -0.2) is 79.6 Å². The summed E-state index contributed by atoms with van der Waals surface area (Å²) in [5.41, 5.74) is 1.14. The molecule has 0 bridgehead atoms. The number of hydrogen-bond donors (Lipinski definition) is 3. The van der Waals surface area contributed by atoms with Crippen molar-refractivity contribution < 1.29 is 19.7 Å². The minimum Gasteiger partial charge on any atom is -0.479 e. The maximum atomic E-state index is 11.1. The van der Waals surface area contributed by atoms with Gasteiger partial charge in [0, 0.05) is 44.9 Å². The third kappa shape index (κ3) is 6.09. The van der Waals surface area contributed by atoms with E-state index in [-0.39, 0.29) is 13.0 Å². The molecule has 0 saturated carbocycles. The first-order chi connectivity index (χ1) is 13.7. The lowest BCUT2D eigenvalue weighted by Crippen LogP contribution is -2.47. The van der Waals surface area contributed by atoms with Crippen LogP contribution in [0.25, 0.3) is 0 Å². The summed E-state index contributed by atoms with van der Waals surface area (Å²) in [5, 5.41) is 21.5. The Morgan fingerprint density at radius 2 is 1.82 bits per heavy atom. The quantitative estimate of drug-likeness (QED) is 0.587. The predicted molar refractivity (Wildman–Crippen MR) is 109 cm³/mol. The number of rotatable bonds is 9. The van der Waals surface area contributed by atoms with Gasteiger partial charge in [0.25, 0.3) is 0 Å². The van der Waals surface area contributed by atoms with E-state index in [0.29, 0.717) is 5.75 Å². The fourth-order valence-electron chi connectivity index (χ4n) is 4.02. The van der Waals surface area contributed by atoms with Crippen molar-refractivity contribution in [2.45, 2.75) is 31.8 Å². The van der Waals surface area contributed by atoms with E-state index in [4.69, 9.17) is 14.9 Å². The first kappa shape index (κ1) is 20.9. The van der Waals surface area contributed by atoms with Crippen molar-refractivity contribution in [3.05, 3.63) is 24.3 Å². The summed E-state index contributed by atoms with van der Waals surface area (Å²) in [6.45, 7) is 7.52. The average Bonchev–Trinajstić information content (AvgIpc) is 2.73. The molecular formula is C21H33N3O4. The number of aliphatic carboxylic acids is 1. The first-order valence-electron chi connectivity index (χ1n) is 10.4. The Bertz CT molecular complexity index is 596. The molecule has 1 atom stereocenters. The zero-order valence-corrected chi connectivity index (χ0v) is 16.6. The van der Waals surface area contributed by atoms with Crippen molar-refractivity contribution in [1.82, 2.24) is 10.2 Å². The zero-order valence-electron chi connectivity index (χ0n) is 16.6. The van der Waals surface area contributed by atoms with Gasteiger partial charge in [0.15, 0.2) is 6.10 Å². The molecule has 1 unspecified atom stereocenters. The number of carbonyl (C=O) groups is 1. The second-order valence-corrected chi connectivity index (χ2v) is 7.76. The smallest absolute Gasteiger partial charge is 0.344 e. The molecule has 7 heteroatoms. The summed E-state index contributed by atoms with van der Waals surface area (Å²) in [5.74, 6) is 0.344. The van der Waals surface area contributed by atoms with Crippen LogP contribution in [0.15, 0.2) is 24.3 Å². The molecule has 2 aliphatic rings. The van der Waals surface area contributed by atoms with E-state index >= 15 is 0 Å². The normalized spacial score (nSPS) is 20.1. The van der Waals surface area contributed by atoms with Gasteiger partial charge in [0.1, 0.15) is 5.75 Å². The fraction of sp³-hybridized carbons (Fsp3) is 0.667. The molecule has 2 aliphatic heterocycles. The van der Waals surface area contributed by atoms with E-state index in [0.717, 1.165) is 37.8 Å². The molecule has 2 fully saturated rings. The molecule has 3 N–H and O–H groups in total. The van der Waals surface area contributed by atoms with Gasteiger partial charge >= 0.3 is 5.97 Å². The van der Waals surface area contributed by atoms with E-state index in [2.05, 4.69) is 15.1 Å². The molecule has 1 aromatic carbocycles. The number of piperidine rings is 1. The number of benzene rings is 1. The Labute approximate surface area is 167 Å². The van der Waals surface area contributed by atoms with Gasteiger partial charge in [-0.3, -0.25) is 4.90 Å². The Morgan fingerprint density at radius 1 is 1.14 bits per heavy atom. The maximum Gasteiger partial charge on any atom is 0.344 e. The summed E-state index contributed by atoms with van der Waals surface area (Å²) < 4.78 is 5.47. The topological polar surface area (TPSA) is 85.3 Å². The molecular weight excluding hydrogens is 358 g/mol. The van der Waals surface area contributed by atoms with Crippen LogP contribution < -0.4 is 15.0 Å². The molecule has 0 aliphatic carbocycles. The molecule has 7 nitrogen and oxygen atoms in total. The third-order valence-electron chi connectivity index (χ3n) is 5.83. The van der Waals surface area contributed by atoms with Crippen LogP contribution in [0.4, 0.5) is 5.69 Å². The monoisotopic (exact) mass is 391 g/mol. The molecule has 0 spiro atoms. The van der Waals surface area contributed by atoms with Crippen molar-refractivity contribution in [2.75, 3.05) is 57.3 Å². The van der Waals surface area contributed by atoms with Crippen LogP contribution >= 0.6 is 0 Å². The summed E-state index contributed by atoms with van der Waals surface area (Å²) in [6.07, 6.45) is 3.01. The maximum absolute atomic E-state index is 11.1. The number of piperazine rings is 1. The summed E-state index contributed by atoms with van der Waals surface area (Å²) in [7, 11) is 0. The van der Waals surface area contributed by atoms with Crippen molar-refractivity contribution >= 4 is 11.7 Å². The molecule has 2 heterocycles. The van der Waals surface area contributed by atoms with Crippen LogP contribution in [0.2, 0.25) is 0 Å². The number of ether oxygens (including phenoxy) is 1. The lowest BCUT2D eigenvalue weighted by Gasteiger charge is -2.37. The second-order valence-electron chi connectivity index (χ2n) is 7.76. The summed E-state index contributed by atoms with van der Waals surface area (Å²) in [4.78, 5) is 16.1. The Hall–Kier alpha value is -1.83. The highest BCUT2D eigenvalue weighted by molar-refractivity contribution is 5.72. The van der Waals surface area contributed by atoms with Crippen LogP contribution in [-0.2, 0) is 4.79 Å². The van der Waals surface area contributed by atoms with Gasteiger partial charge in [-0.2, -0.15) is 0 Å². The molecule has 0 radical (unpaired) electrons. The van der Waals surface area contributed by atoms with Gasteiger partial charge in [-0.05, 0) is 69.1 Å². The number of hydrogen-bond acceptors (Lipinski definition) is 6. The van der Waals surface area contributed by atoms with Crippen molar-refractivity contribution in [3.63, 3.8) is 0 Å². The highest BCUT2D eigenvalue weighted by Crippen LogP contribution is 2.23. The lowest BCUT2D eigenvalue weighted by molar-refractivity contribution is -0.145. The van der Waals surface area contributed by atoms with Crippen LogP contribution in [0.3, 0.4) is 0 Å². The van der Waals surface area contributed by atoms with Crippen molar-refractivity contribution in [3.8, 4) is 5.75 Å². The number of nitrogens with one attached hydrogen (secondary N) is 1. The summed E-state index contributed by atoms with van der Waals surface area (Å²) in [6, 6.07) is 7.59. The average molecular weight is 392 g/mol. The Balaban J connectivity index is 1.43. The zero-order chi connectivity index (χ0) is 19.8. The van der Waals surface area contributed by atoms with Gasteiger partial charge in [-0.1, -0.05) is 0 Å². The molecule has 2 saturated heterocycles. The Morgan fingerprint density at radius 3 is 2.43 bits per heavy atom. The van der Waals surface area contributed by atoms with Crippen molar-refractivity contribution in [2.24, 2.45) is 5.92 Å². The van der Waals surface area contributed by atoms with E-state index in [1.165, 1.54) is 38.9 Å². The van der Waals surface area contributed by atoms with E-state index in [1.807, 2.05) is 24.3 Å². The number of carboxylic acids is 1. The van der Waals surface area contributed by atoms with E-state index < -0.39 is 12.1 Å². The van der Waals surface area contributed by atoms with Gasteiger partial charge in [-0.15, -0.1) is 0 Å². The number of carboxylic acid groups (broad SMARTS) is 1. The fourth-order valence-corrected chi connectivity index (χ4v) is 4.02. The van der Waals surface area contributed by atoms with Crippen LogP contribution in [0, 0.1) is 5.92 Å². The Kier molecular flexibility index (Phi) is 7.94. The standard InChI is InChI=1S/C21H33N3O4/c25-16-8-20(21(26)27)28-19-3-1-18(2-4-19)24-14-12-23(13-15-24)11-7-17-5-9-22-10-6-17/h1-4,17,20,22,25H,5-16H2,(H,26,27).